The molecule has 35 heavy (non-hydrogen) atoms. The zero-order chi connectivity index (χ0) is 25.0. The van der Waals surface area contributed by atoms with E-state index in [-0.39, 0.29) is 17.6 Å². The van der Waals surface area contributed by atoms with Crippen LogP contribution in [-0.4, -0.2) is 43.1 Å². The van der Waals surface area contributed by atoms with E-state index in [0.717, 1.165) is 55.7 Å². The zero-order valence-corrected chi connectivity index (χ0v) is 19.6. The standard InChI is InChI=1S/C26H28F4N2O3/c1-25(2)13-18-11-16(17-4-6-21(20(27)12-17)35-26(28,29)30)3-5-19(18)23(25)31-24(33)34-22-14-32-9-7-15(22)8-10-32/h3-6,11-12,15,22-23H,7-10,13-14H2,1-2H3,(H,31,33)/t22-,23?/m1/s1. The van der Waals surface area contributed by atoms with Gasteiger partial charge in [-0.15, -0.1) is 13.2 Å². The summed E-state index contributed by atoms with van der Waals surface area (Å²) in [6.45, 7) is 7.05. The number of piperidine rings is 3. The van der Waals surface area contributed by atoms with Gasteiger partial charge in [0.15, 0.2) is 11.6 Å². The Morgan fingerprint density at radius 1 is 1.09 bits per heavy atom. The number of fused-ring (bicyclic) bond motifs is 4. The highest BCUT2D eigenvalue weighted by Gasteiger charge is 2.42. The average molecular weight is 493 g/mol. The number of hydrogen-bond donors (Lipinski definition) is 1. The van der Waals surface area contributed by atoms with Gasteiger partial charge in [-0.2, -0.15) is 0 Å². The van der Waals surface area contributed by atoms with Crippen molar-refractivity contribution in [3.05, 3.63) is 53.3 Å². The number of nitrogens with one attached hydrogen (secondary N) is 1. The van der Waals surface area contributed by atoms with Crippen molar-refractivity contribution in [2.24, 2.45) is 11.3 Å². The van der Waals surface area contributed by atoms with Crippen LogP contribution in [0, 0.1) is 17.2 Å². The van der Waals surface area contributed by atoms with Gasteiger partial charge in [0.2, 0.25) is 0 Å². The lowest BCUT2D eigenvalue weighted by molar-refractivity contribution is -0.275. The first-order valence-corrected chi connectivity index (χ1v) is 11.9. The minimum Gasteiger partial charge on any atom is -0.445 e. The number of amides is 1. The van der Waals surface area contributed by atoms with E-state index in [2.05, 4.69) is 28.8 Å². The summed E-state index contributed by atoms with van der Waals surface area (Å²) in [7, 11) is 0. The molecule has 9 heteroatoms. The van der Waals surface area contributed by atoms with Gasteiger partial charge in [-0.1, -0.05) is 38.1 Å². The summed E-state index contributed by atoms with van der Waals surface area (Å²) in [5, 5.41) is 3.07. The van der Waals surface area contributed by atoms with E-state index in [1.54, 1.807) is 6.07 Å². The normalized spacial score (nSPS) is 26.8. The molecule has 2 aromatic carbocycles. The van der Waals surface area contributed by atoms with Crippen LogP contribution in [0.5, 0.6) is 5.75 Å². The molecule has 1 aliphatic carbocycles. The fourth-order valence-corrected chi connectivity index (χ4v) is 5.73. The lowest BCUT2D eigenvalue weighted by Crippen LogP contribution is -2.53. The molecule has 0 spiro atoms. The molecule has 2 aromatic rings. The monoisotopic (exact) mass is 492 g/mol. The quantitative estimate of drug-likeness (QED) is 0.546. The SMILES string of the molecule is CC1(C)Cc2cc(-c3ccc(OC(F)(F)F)c(F)c3)ccc2C1NC(=O)O[C@@H]1CN2CCC1CC2. The van der Waals surface area contributed by atoms with Crippen LogP contribution in [0.2, 0.25) is 0 Å². The summed E-state index contributed by atoms with van der Waals surface area (Å²) in [5.41, 5.74) is 2.80. The van der Waals surface area contributed by atoms with Crippen LogP contribution < -0.4 is 10.1 Å². The Bertz CT molecular complexity index is 1130. The second kappa shape index (κ2) is 8.69. The molecule has 1 N–H and O–H groups in total. The van der Waals surface area contributed by atoms with Gasteiger partial charge in [0.1, 0.15) is 6.10 Å². The van der Waals surface area contributed by atoms with Crippen LogP contribution in [0.15, 0.2) is 36.4 Å². The number of ether oxygens (including phenoxy) is 2. The van der Waals surface area contributed by atoms with Crippen LogP contribution in [0.1, 0.15) is 43.9 Å². The second-order valence-electron chi connectivity index (χ2n) is 10.4. The van der Waals surface area contributed by atoms with E-state index in [4.69, 9.17) is 4.74 Å². The number of alkyl halides is 3. The van der Waals surface area contributed by atoms with Crippen molar-refractivity contribution in [1.82, 2.24) is 10.2 Å². The van der Waals surface area contributed by atoms with E-state index < -0.39 is 24.0 Å². The first kappa shape index (κ1) is 23.9. The molecule has 3 fully saturated rings. The number of carbonyl (C=O) groups is 1. The van der Waals surface area contributed by atoms with E-state index >= 15 is 0 Å². The van der Waals surface area contributed by atoms with E-state index in [0.29, 0.717) is 23.5 Å². The smallest absolute Gasteiger partial charge is 0.445 e. The predicted octanol–water partition coefficient (Wildman–Crippen LogP) is 5.84. The van der Waals surface area contributed by atoms with E-state index in [9.17, 15) is 22.4 Å². The largest absolute Gasteiger partial charge is 0.573 e. The van der Waals surface area contributed by atoms with Crippen LogP contribution >= 0.6 is 0 Å². The molecule has 5 nitrogen and oxygen atoms in total. The van der Waals surface area contributed by atoms with Gasteiger partial charge >= 0.3 is 12.5 Å². The molecule has 3 aliphatic heterocycles. The van der Waals surface area contributed by atoms with Gasteiger partial charge in [-0.25, -0.2) is 9.18 Å². The molecule has 2 atom stereocenters. The molecule has 188 valence electrons. The van der Waals surface area contributed by atoms with Crippen LogP contribution in [0.25, 0.3) is 11.1 Å². The number of nitrogens with zero attached hydrogens (tertiary/aromatic N) is 1. The Hall–Kier alpha value is -2.81. The third-order valence-corrected chi connectivity index (χ3v) is 7.49. The van der Waals surface area contributed by atoms with E-state index in [1.165, 1.54) is 6.07 Å². The molecule has 3 heterocycles. The van der Waals surface area contributed by atoms with Crippen LogP contribution in [0.3, 0.4) is 0 Å². The molecule has 0 saturated carbocycles. The minimum atomic E-state index is -4.96. The maximum Gasteiger partial charge on any atom is 0.573 e. The van der Waals surface area contributed by atoms with Crippen LogP contribution in [-0.2, 0) is 11.2 Å². The van der Waals surface area contributed by atoms with Crippen molar-refractivity contribution in [2.45, 2.75) is 51.6 Å². The lowest BCUT2D eigenvalue weighted by atomic mass is 9.85. The molecule has 1 unspecified atom stereocenters. The van der Waals surface area contributed by atoms with Gasteiger partial charge in [0.05, 0.1) is 6.04 Å². The molecular weight excluding hydrogens is 464 g/mol. The number of rotatable bonds is 4. The predicted molar refractivity (Wildman–Crippen MR) is 121 cm³/mol. The van der Waals surface area contributed by atoms with Crippen molar-refractivity contribution in [3.63, 3.8) is 0 Å². The summed E-state index contributed by atoms with van der Waals surface area (Å²) in [4.78, 5) is 15.1. The highest BCUT2D eigenvalue weighted by Crippen LogP contribution is 2.46. The van der Waals surface area contributed by atoms with Gasteiger partial charge in [0.25, 0.3) is 0 Å². The first-order valence-electron chi connectivity index (χ1n) is 11.9. The topological polar surface area (TPSA) is 50.8 Å². The average Bonchev–Trinajstić information content (AvgIpc) is 3.03. The van der Waals surface area contributed by atoms with Crippen LogP contribution in [0.4, 0.5) is 22.4 Å². The Balaban J connectivity index is 1.31. The molecular formula is C26H28F4N2O3. The summed E-state index contributed by atoms with van der Waals surface area (Å²) in [6.07, 6.45) is -2.66. The fourth-order valence-electron chi connectivity index (χ4n) is 5.73. The molecule has 4 aliphatic rings. The van der Waals surface area contributed by atoms with E-state index in [1.807, 2.05) is 12.1 Å². The maximum absolute atomic E-state index is 14.2. The number of halogens is 4. The number of benzene rings is 2. The van der Waals surface area contributed by atoms with Gasteiger partial charge in [0, 0.05) is 6.54 Å². The molecule has 2 bridgehead atoms. The number of hydrogen-bond acceptors (Lipinski definition) is 4. The lowest BCUT2D eigenvalue weighted by Gasteiger charge is -2.44. The molecule has 1 amide bonds. The summed E-state index contributed by atoms with van der Waals surface area (Å²) in [5.74, 6) is -1.53. The number of alkyl carbamates (subject to hydrolysis) is 1. The zero-order valence-electron chi connectivity index (χ0n) is 19.6. The van der Waals surface area contributed by atoms with Gasteiger partial charge in [-0.05, 0) is 78.1 Å². The van der Waals surface area contributed by atoms with Crippen molar-refractivity contribution < 1.29 is 31.8 Å². The molecule has 3 saturated heterocycles. The maximum atomic E-state index is 14.2. The minimum absolute atomic E-state index is 0.0805. The van der Waals surface area contributed by atoms with Crippen molar-refractivity contribution in [3.8, 4) is 16.9 Å². The Morgan fingerprint density at radius 2 is 1.77 bits per heavy atom. The first-order chi connectivity index (χ1) is 16.5. The Morgan fingerprint density at radius 3 is 2.40 bits per heavy atom. The molecule has 0 aromatic heterocycles. The number of carbonyl (C=O) groups excluding carboxylic acids is 1. The summed E-state index contributed by atoms with van der Waals surface area (Å²) >= 11 is 0. The molecule has 0 radical (unpaired) electrons. The summed E-state index contributed by atoms with van der Waals surface area (Å²) in [6, 6.07) is 8.72. The summed E-state index contributed by atoms with van der Waals surface area (Å²) < 4.78 is 61.1. The third kappa shape index (κ3) is 4.96. The highest BCUT2D eigenvalue weighted by atomic mass is 19.4. The Kier molecular flexibility index (Phi) is 5.94. The third-order valence-electron chi connectivity index (χ3n) is 7.49. The van der Waals surface area contributed by atoms with Crippen molar-refractivity contribution >= 4 is 6.09 Å². The van der Waals surface area contributed by atoms with Gasteiger partial charge < -0.3 is 14.8 Å². The fraction of sp³-hybridized carbons (Fsp3) is 0.500. The molecule has 6 rings (SSSR count). The van der Waals surface area contributed by atoms with Crippen molar-refractivity contribution in [1.29, 1.82) is 0 Å². The van der Waals surface area contributed by atoms with Crippen molar-refractivity contribution in [2.75, 3.05) is 19.6 Å². The Labute approximate surface area is 201 Å². The van der Waals surface area contributed by atoms with Gasteiger partial charge in [-0.3, -0.25) is 4.90 Å². The highest BCUT2D eigenvalue weighted by molar-refractivity contribution is 5.70. The second-order valence-corrected chi connectivity index (χ2v) is 10.4.